The predicted octanol–water partition coefficient (Wildman–Crippen LogP) is 5.88. The highest BCUT2D eigenvalue weighted by Gasteiger charge is 2.44. The van der Waals surface area contributed by atoms with E-state index in [1.54, 1.807) is 7.11 Å². The second kappa shape index (κ2) is 13.2. The number of benzene rings is 1. The van der Waals surface area contributed by atoms with Gasteiger partial charge in [-0.05, 0) is 84.4 Å². The van der Waals surface area contributed by atoms with Crippen molar-refractivity contribution >= 4 is 22.6 Å². The standard InChI is InChI=1S/C31H43F3N4O4/c1-20(2)38-15-10-21(11-16-38)35-29-22-18-26(40-3)27(41-17-7-14-37-12-4-5-13-37)19-24(22)36-23-8-6-9-25(28(23)29)42-30(39)31(32,33)34/h18-21,25H,4-17H2,1-3H3,(H,35,36). The molecule has 2 aromatic rings. The molecule has 1 aliphatic carbocycles. The molecule has 1 N–H and O–H groups in total. The summed E-state index contributed by atoms with van der Waals surface area (Å²) < 4.78 is 56.6. The number of nitrogens with zero attached hydrogens (tertiary/aromatic N) is 3. The molecule has 0 amide bonds. The SMILES string of the molecule is COc1cc2c(NC3CCN(C(C)C)CC3)c3c(nc2cc1OCCCN1CCCC1)CCCC3OC(=O)C(F)(F)F. The molecule has 0 radical (unpaired) electrons. The molecule has 2 fully saturated rings. The van der Waals surface area contributed by atoms with Gasteiger partial charge in [0.1, 0.15) is 6.10 Å². The van der Waals surface area contributed by atoms with Gasteiger partial charge in [0.05, 0.1) is 30.6 Å². The van der Waals surface area contributed by atoms with Gasteiger partial charge >= 0.3 is 12.1 Å². The van der Waals surface area contributed by atoms with E-state index in [0.717, 1.165) is 57.4 Å². The van der Waals surface area contributed by atoms with Gasteiger partial charge in [-0.2, -0.15) is 13.2 Å². The number of nitrogens with one attached hydrogen (secondary N) is 1. The molecule has 5 rings (SSSR count). The van der Waals surface area contributed by atoms with Crippen molar-refractivity contribution in [2.75, 3.05) is 51.8 Å². The molecule has 2 saturated heterocycles. The van der Waals surface area contributed by atoms with E-state index in [4.69, 9.17) is 19.2 Å². The number of aromatic nitrogens is 1. The minimum absolute atomic E-state index is 0.114. The zero-order valence-corrected chi connectivity index (χ0v) is 24.9. The Labute approximate surface area is 245 Å². The first kappa shape index (κ1) is 30.7. The van der Waals surface area contributed by atoms with Crippen LogP contribution in [0.25, 0.3) is 10.9 Å². The summed E-state index contributed by atoms with van der Waals surface area (Å²) in [6.07, 6.45) is 0.530. The number of rotatable bonds is 10. The van der Waals surface area contributed by atoms with E-state index < -0.39 is 18.2 Å². The summed E-state index contributed by atoms with van der Waals surface area (Å²) in [6.45, 7) is 10.0. The van der Waals surface area contributed by atoms with Crippen LogP contribution in [0, 0.1) is 0 Å². The molecule has 0 bridgehead atoms. The number of methoxy groups -OCH3 is 1. The average molecular weight is 593 g/mol. The molecule has 2 aliphatic heterocycles. The molecule has 1 atom stereocenters. The number of fused-ring (bicyclic) bond motifs is 2. The Morgan fingerprint density at radius 1 is 1.07 bits per heavy atom. The van der Waals surface area contributed by atoms with Gasteiger partial charge in [0.2, 0.25) is 0 Å². The van der Waals surface area contributed by atoms with Crippen molar-refractivity contribution in [1.82, 2.24) is 14.8 Å². The van der Waals surface area contributed by atoms with Crippen molar-refractivity contribution in [2.45, 2.75) is 89.6 Å². The molecule has 3 heterocycles. The molecule has 0 spiro atoms. The van der Waals surface area contributed by atoms with Gasteiger partial charge in [-0.3, -0.25) is 4.98 Å². The van der Waals surface area contributed by atoms with Crippen LogP contribution in [0.1, 0.15) is 76.2 Å². The number of carbonyl (C=O) groups is 1. The van der Waals surface area contributed by atoms with Gasteiger partial charge in [-0.1, -0.05) is 0 Å². The van der Waals surface area contributed by atoms with Gasteiger partial charge in [0.15, 0.2) is 11.5 Å². The topological polar surface area (TPSA) is 76.2 Å². The first-order valence-corrected chi connectivity index (χ1v) is 15.3. The molecule has 1 aromatic carbocycles. The Hall–Kier alpha value is -2.79. The molecule has 232 valence electrons. The van der Waals surface area contributed by atoms with E-state index in [-0.39, 0.29) is 6.04 Å². The Morgan fingerprint density at radius 3 is 2.48 bits per heavy atom. The first-order chi connectivity index (χ1) is 20.1. The van der Waals surface area contributed by atoms with E-state index in [9.17, 15) is 18.0 Å². The number of carbonyl (C=O) groups excluding carboxylic acids is 1. The number of hydrogen-bond acceptors (Lipinski definition) is 8. The molecule has 1 unspecified atom stereocenters. The number of piperidine rings is 1. The van der Waals surface area contributed by atoms with Crippen molar-refractivity contribution in [3.8, 4) is 11.5 Å². The van der Waals surface area contributed by atoms with Crippen molar-refractivity contribution in [1.29, 1.82) is 0 Å². The average Bonchev–Trinajstić information content (AvgIpc) is 3.48. The normalized spacial score (nSPS) is 20.6. The van der Waals surface area contributed by atoms with Crippen molar-refractivity contribution < 1.29 is 32.2 Å². The second-order valence-corrected chi connectivity index (χ2v) is 12.0. The number of likely N-dealkylation sites (tertiary alicyclic amines) is 2. The highest BCUT2D eigenvalue weighted by atomic mass is 19.4. The maximum Gasteiger partial charge on any atom is 0.490 e. The summed E-state index contributed by atoms with van der Waals surface area (Å²) in [5, 5.41) is 4.39. The fourth-order valence-electron chi connectivity index (χ4n) is 6.46. The van der Waals surface area contributed by atoms with E-state index in [1.165, 1.54) is 12.8 Å². The van der Waals surface area contributed by atoms with Crippen LogP contribution in [0.4, 0.5) is 18.9 Å². The van der Waals surface area contributed by atoms with Gasteiger partial charge in [-0.25, -0.2) is 4.79 Å². The lowest BCUT2D eigenvalue weighted by Crippen LogP contribution is -2.42. The number of aryl methyl sites for hydroxylation is 1. The van der Waals surface area contributed by atoms with Gasteiger partial charge in [-0.15, -0.1) is 0 Å². The lowest BCUT2D eigenvalue weighted by atomic mass is 9.89. The van der Waals surface area contributed by atoms with Crippen LogP contribution in [0.3, 0.4) is 0 Å². The zero-order valence-electron chi connectivity index (χ0n) is 24.9. The maximum absolute atomic E-state index is 13.2. The molecular weight excluding hydrogens is 549 g/mol. The summed E-state index contributed by atoms with van der Waals surface area (Å²) in [6, 6.07) is 4.27. The van der Waals surface area contributed by atoms with E-state index in [2.05, 4.69) is 29.0 Å². The summed E-state index contributed by atoms with van der Waals surface area (Å²) in [7, 11) is 1.58. The van der Waals surface area contributed by atoms with Crippen LogP contribution < -0.4 is 14.8 Å². The third-order valence-corrected chi connectivity index (χ3v) is 8.75. The molecule has 0 saturated carbocycles. The highest BCUT2D eigenvalue weighted by molar-refractivity contribution is 5.96. The summed E-state index contributed by atoms with van der Waals surface area (Å²) in [5.74, 6) is -1.06. The summed E-state index contributed by atoms with van der Waals surface area (Å²) in [5.41, 5.74) is 2.55. The lowest BCUT2D eigenvalue weighted by Gasteiger charge is -2.36. The number of alkyl halides is 3. The minimum Gasteiger partial charge on any atom is -0.493 e. The highest BCUT2D eigenvalue weighted by Crippen LogP contribution is 2.44. The minimum atomic E-state index is -5.07. The zero-order chi connectivity index (χ0) is 29.9. The third-order valence-electron chi connectivity index (χ3n) is 8.75. The molecule has 42 heavy (non-hydrogen) atoms. The monoisotopic (exact) mass is 592 g/mol. The predicted molar refractivity (Wildman–Crippen MR) is 155 cm³/mol. The number of anilines is 1. The van der Waals surface area contributed by atoms with Gasteiger partial charge in [0, 0.05) is 48.7 Å². The first-order valence-electron chi connectivity index (χ1n) is 15.3. The maximum atomic E-state index is 13.2. The fourth-order valence-corrected chi connectivity index (χ4v) is 6.46. The molecule has 11 heteroatoms. The molecular formula is C31H43F3N4O4. The summed E-state index contributed by atoms with van der Waals surface area (Å²) in [4.78, 5) is 21.7. The van der Waals surface area contributed by atoms with E-state index in [1.807, 2.05) is 12.1 Å². The largest absolute Gasteiger partial charge is 0.493 e. The van der Waals surface area contributed by atoms with Crippen molar-refractivity contribution in [2.24, 2.45) is 0 Å². The molecule has 3 aliphatic rings. The Kier molecular flexibility index (Phi) is 9.67. The number of ether oxygens (including phenoxy) is 3. The van der Waals surface area contributed by atoms with Crippen molar-refractivity contribution in [3.05, 3.63) is 23.4 Å². The van der Waals surface area contributed by atoms with Crippen LogP contribution in [0.2, 0.25) is 0 Å². The Bertz CT molecular complexity index is 1240. The lowest BCUT2D eigenvalue weighted by molar-refractivity contribution is -0.205. The fraction of sp³-hybridized carbons (Fsp3) is 0.677. The number of hydrogen-bond donors (Lipinski definition) is 1. The molecule has 1 aromatic heterocycles. The van der Waals surface area contributed by atoms with Crippen LogP contribution in [0.15, 0.2) is 12.1 Å². The third kappa shape index (κ3) is 7.05. The number of halogens is 3. The Balaban J connectivity index is 1.47. The number of esters is 1. The summed E-state index contributed by atoms with van der Waals surface area (Å²) >= 11 is 0. The van der Waals surface area contributed by atoms with E-state index >= 15 is 0 Å². The Morgan fingerprint density at radius 2 is 1.81 bits per heavy atom. The van der Waals surface area contributed by atoms with E-state index in [0.29, 0.717) is 65.9 Å². The van der Waals surface area contributed by atoms with Crippen LogP contribution >= 0.6 is 0 Å². The molecule has 8 nitrogen and oxygen atoms in total. The quantitative estimate of drug-likeness (QED) is 0.271. The van der Waals surface area contributed by atoms with Crippen LogP contribution in [0.5, 0.6) is 11.5 Å². The van der Waals surface area contributed by atoms with Gasteiger partial charge < -0.3 is 29.3 Å². The van der Waals surface area contributed by atoms with Crippen LogP contribution in [-0.4, -0.2) is 85.5 Å². The number of pyridine rings is 1. The second-order valence-electron chi connectivity index (χ2n) is 12.0. The van der Waals surface area contributed by atoms with Crippen LogP contribution in [-0.2, 0) is 16.0 Å². The smallest absolute Gasteiger partial charge is 0.490 e. The van der Waals surface area contributed by atoms with Gasteiger partial charge in [0.25, 0.3) is 0 Å². The van der Waals surface area contributed by atoms with Crippen molar-refractivity contribution in [3.63, 3.8) is 0 Å².